The second-order valence-electron chi connectivity index (χ2n) is 6.64. The minimum Gasteiger partial charge on any atom is -0.353 e. The number of carbonyl (C=O) groups excluding carboxylic acids is 1. The lowest BCUT2D eigenvalue weighted by atomic mass is 10.2. The van der Waals surface area contributed by atoms with E-state index in [1.54, 1.807) is 18.3 Å². The van der Waals surface area contributed by atoms with E-state index in [9.17, 15) is 4.79 Å². The fraction of sp³-hybridized carbons (Fsp3) is 0.368. The zero-order chi connectivity index (χ0) is 17.6. The molecule has 3 heterocycles. The Morgan fingerprint density at radius 2 is 1.88 bits per heavy atom. The van der Waals surface area contributed by atoms with E-state index in [1.165, 1.54) is 4.88 Å². The number of thiophene rings is 1. The van der Waals surface area contributed by atoms with Crippen molar-refractivity contribution >= 4 is 39.5 Å². The number of likely N-dealkylation sites (N-methyl/N-ethyl adjacent to an activating group) is 1. The van der Waals surface area contributed by atoms with Crippen LogP contribution < -0.4 is 4.90 Å². The number of carbonyl (C=O) groups is 1. The molecule has 0 N–H and O–H groups in total. The Morgan fingerprint density at radius 1 is 1.16 bits per heavy atom. The van der Waals surface area contributed by atoms with Crippen molar-refractivity contribution in [1.82, 2.24) is 9.80 Å². The number of amides is 1. The Labute approximate surface area is 152 Å². The molecule has 1 amide bonds. The molecule has 5 nitrogen and oxygen atoms in total. The van der Waals surface area contributed by atoms with Crippen molar-refractivity contribution in [3.63, 3.8) is 0 Å². The third-order valence-electron chi connectivity index (χ3n) is 4.75. The molecule has 1 aromatic heterocycles. The van der Waals surface area contributed by atoms with Gasteiger partial charge in [-0.1, -0.05) is 12.1 Å². The van der Waals surface area contributed by atoms with Crippen LogP contribution in [-0.2, 0) is 4.79 Å². The van der Waals surface area contributed by atoms with Crippen LogP contribution in [-0.4, -0.2) is 54.8 Å². The van der Waals surface area contributed by atoms with Gasteiger partial charge in [-0.2, -0.15) is 0 Å². The van der Waals surface area contributed by atoms with E-state index >= 15 is 0 Å². The van der Waals surface area contributed by atoms with Gasteiger partial charge in [0.1, 0.15) is 10.8 Å². The summed E-state index contributed by atoms with van der Waals surface area (Å²) in [6.45, 7) is 7.66. The van der Waals surface area contributed by atoms with Crippen molar-refractivity contribution in [3.05, 3.63) is 40.8 Å². The van der Waals surface area contributed by atoms with Crippen LogP contribution in [0.3, 0.4) is 0 Å². The molecule has 25 heavy (non-hydrogen) atoms. The van der Waals surface area contributed by atoms with Gasteiger partial charge in [-0.3, -0.25) is 9.69 Å². The zero-order valence-electron chi connectivity index (χ0n) is 14.8. The first-order chi connectivity index (χ1) is 12.0. The Morgan fingerprint density at radius 3 is 2.60 bits per heavy atom. The topological polar surface area (TPSA) is 39.2 Å². The van der Waals surface area contributed by atoms with Gasteiger partial charge < -0.3 is 9.80 Å². The molecule has 2 aliphatic heterocycles. The summed E-state index contributed by atoms with van der Waals surface area (Å²) in [6.07, 6.45) is 0. The summed E-state index contributed by atoms with van der Waals surface area (Å²) >= 11 is 1.66. The van der Waals surface area contributed by atoms with Gasteiger partial charge in [0, 0.05) is 38.0 Å². The Balaban J connectivity index is 1.90. The molecule has 0 atom stereocenters. The summed E-state index contributed by atoms with van der Waals surface area (Å²) in [6, 6.07) is 10.1. The number of fused-ring (bicyclic) bond motifs is 2. The van der Waals surface area contributed by atoms with Crippen molar-refractivity contribution in [2.75, 3.05) is 38.1 Å². The number of piperazine rings is 1. The summed E-state index contributed by atoms with van der Waals surface area (Å²) in [5, 5.41) is 0.979. The summed E-state index contributed by atoms with van der Waals surface area (Å²) in [4.78, 5) is 25.2. The Bertz CT molecular complexity index is 849. The molecule has 0 saturated carbocycles. The van der Waals surface area contributed by atoms with Crippen LogP contribution in [0.25, 0.3) is 0 Å². The van der Waals surface area contributed by atoms with E-state index in [2.05, 4.69) is 29.8 Å². The van der Waals surface area contributed by atoms with Crippen molar-refractivity contribution in [2.24, 2.45) is 4.99 Å². The van der Waals surface area contributed by atoms with Gasteiger partial charge in [0.15, 0.2) is 0 Å². The molecule has 1 fully saturated rings. The van der Waals surface area contributed by atoms with Crippen molar-refractivity contribution in [2.45, 2.75) is 13.8 Å². The molecule has 0 bridgehead atoms. The largest absolute Gasteiger partial charge is 0.353 e. The van der Waals surface area contributed by atoms with Gasteiger partial charge in [0.05, 0.1) is 16.9 Å². The standard InChI is InChI=1S/C19H22N4OS/c1-13-12-15-18(22-10-8-21(3)9-11-22)20-16-6-4-5-7-17(16)23(14(2)24)19(15)25-13/h4-7,12H,8-11H2,1-3H3. The molecule has 1 aromatic carbocycles. The maximum Gasteiger partial charge on any atom is 0.229 e. The second kappa shape index (κ2) is 6.28. The number of hydrogen-bond donors (Lipinski definition) is 0. The molecule has 6 heteroatoms. The van der Waals surface area contributed by atoms with Crippen molar-refractivity contribution in [1.29, 1.82) is 0 Å². The highest BCUT2D eigenvalue weighted by Crippen LogP contribution is 2.44. The maximum absolute atomic E-state index is 12.5. The van der Waals surface area contributed by atoms with Crippen LogP contribution in [0.4, 0.5) is 16.4 Å². The van der Waals surface area contributed by atoms with Gasteiger partial charge in [-0.15, -0.1) is 11.3 Å². The summed E-state index contributed by atoms with van der Waals surface area (Å²) in [5.41, 5.74) is 2.79. The average molecular weight is 354 g/mol. The maximum atomic E-state index is 12.5. The normalized spacial score (nSPS) is 17.6. The first kappa shape index (κ1) is 16.3. The minimum atomic E-state index is 0.0189. The third kappa shape index (κ3) is 2.85. The van der Waals surface area contributed by atoms with E-state index in [1.807, 2.05) is 29.2 Å². The molecule has 0 radical (unpaired) electrons. The Kier molecular flexibility index (Phi) is 4.09. The SMILES string of the molecule is CC(=O)N1c2ccccc2N=C(N2CCN(C)CC2)c2cc(C)sc21. The summed E-state index contributed by atoms with van der Waals surface area (Å²) < 4.78 is 0. The molecule has 2 aromatic rings. The first-order valence-electron chi connectivity index (χ1n) is 8.57. The fourth-order valence-corrected chi connectivity index (χ4v) is 4.49. The molecule has 130 valence electrons. The van der Waals surface area contributed by atoms with E-state index in [4.69, 9.17) is 4.99 Å². The van der Waals surface area contributed by atoms with Crippen LogP contribution in [0.15, 0.2) is 35.3 Å². The summed E-state index contributed by atoms with van der Waals surface area (Å²) in [7, 11) is 2.15. The van der Waals surface area contributed by atoms with E-state index in [0.29, 0.717) is 0 Å². The monoisotopic (exact) mass is 354 g/mol. The highest BCUT2D eigenvalue weighted by Gasteiger charge is 2.30. The van der Waals surface area contributed by atoms with Gasteiger partial charge in [-0.25, -0.2) is 4.99 Å². The lowest BCUT2D eigenvalue weighted by Crippen LogP contribution is -2.47. The fourth-order valence-electron chi connectivity index (χ4n) is 3.43. The van der Waals surface area contributed by atoms with Crippen LogP contribution in [0.1, 0.15) is 17.4 Å². The van der Waals surface area contributed by atoms with Gasteiger partial charge in [0.2, 0.25) is 5.91 Å². The smallest absolute Gasteiger partial charge is 0.229 e. The van der Waals surface area contributed by atoms with E-state index < -0.39 is 0 Å². The molecule has 0 aliphatic carbocycles. The van der Waals surface area contributed by atoms with Crippen LogP contribution in [0.5, 0.6) is 0 Å². The molecule has 0 spiro atoms. The minimum absolute atomic E-state index is 0.0189. The van der Waals surface area contributed by atoms with Crippen LogP contribution in [0, 0.1) is 6.92 Å². The summed E-state index contributed by atoms with van der Waals surface area (Å²) in [5.74, 6) is 1.01. The van der Waals surface area contributed by atoms with Crippen LogP contribution in [0.2, 0.25) is 0 Å². The number of para-hydroxylation sites is 2. The third-order valence-corrected chi connectivity index (χ3v) is 5.78. The Hall–Kier alpha value is -2.18. The van der Waals surface area contributed by atoms with Gasteiger partial charge in [0.25, 0.3) is 0 Å². The molecule has 0 unspecified atom stereocenters. The number of anilines is 2. The molecule has 2 aliphatic rings. The number of nitrogens with zero attached hydrogens (tertiary/aromatic N) is 4. The molecule has 1 saturated heterocycles. The number of hydrogen-bond acceptors (Lipinski definition) is 5. The molecular formula is C19H22N4OS. The van der Waals surface area contributed by atoms with E-state index in [0.717, 1.165) is 54.0 Å². The van der Waals surface area contributed by atoms with Crippen LogP contribution >= 0.6 is 11.3 Å². The number of aryl methyl sites for hydroxylation is 1. The lowest BCUT2D eigenvalue weighted by Gasteiger charge is -2.34. The number of rotatable bonds is 0. The molecular weight excluding hydrogens is 332 g/mol. The molecule has 4 rings (SSSR count). The lowest BCUT2D eigenvalue weighted by molar-refractivity contribution is -0.115. The number of benzene rings is 1. The van der Waals surface area contributed by atoms with Gasteiger partial charge >= 0.3 is 0 Å². The quantitative estimate of drug-likeness (QED) is 0.728. The van der Waals surface area contributed by atoms with Crippen molar-refractivity contribution < 1.29 is 4.79 Å². The number of aliphatic imine (C=N–C) groups is 1. The van der Waals surface area contributed by atoms with Crippen molar-refractivity contribution in [3.8, 4) is 0 Å². The van der Waals surface area contributed by atoms with Gasteiger partial charge in [-0.05, 0) is 32.2 Å². The predicted octanol–water partition coefficient (Wildman–Crippen LogP) is 3.38. The van der Waals surface area contributed by atoms with E-state index in [-0.39, 0.29) is 5.91 Å². The highest BCUT2D eigenvalue weighted by molar-refractivity contribution is 7.16. The first-order valence-corrected chi connectivity index (χ1v) is 9.39. The zero-order valence-corrected chi connectivity index (χ0v) is 15.6. The predicted molar refractivity (Wildman–Crippen MR) is 104 cm³/mol. The second-order valence-corrected chi connectivity index (χ2v) is 7.88. The highest BCUT2D eigenvalue weighted by atomic mass is 32.1. The average Bonchev–Trinajstić information content (AvgIpc) is 2.89. The number of amidine groups is 1.